The zero-order chi connectivity index (χ0) is 15.4. The molecule has 1 saturated carbocycles. The highest BCUT2D eigenvalue weighted by molar-refractivity contribution is 7.99. The van der Waals surface area contributed by atoms with Crippen LogP contribution in [0.4, 0.5) is 5.69 Å². The summed E-state index contributed by atoms with van der Waals surface area (Å²) in [5.74, 6) is 0.863. The van der Waals surface area contributed by atoms with E-state index in [1.54, 1.807) is 0 Å². The highest BCUT2D eigenvalue weighted by Crippen LogP contribution is 2.30. The van der Waals surface area contributed by atoms with Crippen molar-refractivity contribution in [3.63, 3.8) is 0 Å². The Hall–Kier alpha value is -1.27. The lowest BCUT2D eigenvalue weighted by Crippen LogP contribution is -2.33. The van der Waals surface area contributed by atoms with Gasteiger partial charge in [-0.2, -0.15) is 11.8 Å². The predicted molar refractivity (Wildman–Crippen MR) is 85.1 cm³/mol. The Labute approximate surface area is 132 Å². The largest absolute Gasteiger partial charge is 0.349 e. The van der Waals surface area contributed by atoms with E-state index in [9.17, 15) is 14.9 Å². The Morgan fingerprint density at radius 1 is 1.52 bits per heavy atom. The van der Waals surface area contributed by atoms with E-state index in [1.165, 1.54) is 18.2 Å². The fourth-order valence-corrected chi connectivity index (χ4v) is 3.92. The van der Waals surface area contributed by atoms with E-state index < -0.39 is 4.92 Å². The number of carbonyl (C=O) groups excluding carboxylic acids is 1. The van der Waals surface area contributed by atoms with E-state index >= 15 is 0 Å². The zero-order valence-electron chi connectivity index (χ0n) is 11.7. The number of nitro benzene ring substituents is 1. The minimum Gasteiger partial charge on any atom is -0.349 e. The number of nitrogens with zero attached hydrogens (tertiary/aromatic N) is 1. The SMILES string of the molecule is CCSC1CCC(NC(=O)c2ccc([N+](=O)[O-])c(Cl)c2)C1. The van der Waals surface area contributed by atoms with Gasteiger partial charge >= 0.3 is 0 Å². The second kappa shape index (κ2) is 7.13. The van der Waals surface area contributed by atoms with E-state index in [2.05, 4.69) is 12.2 Å². The molecule has 21 heavy (non-hydrogen) atoms. The third kappa shape index (κ3) is 4.11. The molecule has 1 amide bonds. The van der Waals surface area contributed by atoms with Crippen LogP contribution in [0.1, 0.15) is 36.5 Å². The lowest BCUT2D eigenvalue weighted by atomic mass is 10.1. The molecule has 5 nitrogen and oxygen atoms in total. The maximum atomic E-state index is 12.2. The Morgan fingerprint density at radius 2 is 2.29 bits per heavy atom. The normalized spacial score (nSPS) is 21.2. The summed E-state index contributed by atoms with van der Waals surface area (Å²) in [6.45, 7) is 2.13. The molecule has 2 rings (SSSR count). The van der Waals surface area contributed by atoms with Gasteiger partial charge in [-0.05, 0) is 37.1 Å². The van der Waals surface area contributed by atoms with Crippen LogP contribution < -0.4 is 5.32 Å². The monoisotopic (exact) mass is 328 g/mol. The summed E-state index contributed by atoms with van der Waals surface area (Å²) >= 11 is 7.75. The number of amides is 1. The van der Waals surface area contributed by atoms with Gasteiger partial charge in [0.2, 0.25) is 0 Å². The zero-order valence-corrected chi connectivity index (χ0v) is 13.2. The molecule has 1 N–H and O–H groups in total. The number of hydrogen-bond acceptors (Lipinski definition) is 4. The van der Waals surface area contributed by atoms with Crippen molar-refractivity contribution in [2.75, 3.05) is 5.75 Å². The summed E-state index contributed by atoms with van der Waals surface area (Å²) < 4.78 is 0. The quantitative estimate of drug-likeness (QED) is 0.661. The van der Waals surface area contributed by atoms with Gasteiger partial charge in [-0.25, -0.2) is 0 Å². The Morgan fingerprint density at radius 3 is 2.90 bits per heavy atom. The summed E-state index contributed by atoms with van der Waals surface area (Å²) in [6.07, 6.45) is 3.07. The maximum Gasteiger partial charge on any atom is 0.287 e. The minimum absolute atomic E-state index is 0.0153. The molecule has 1 aromatic rings. The van der Waals surface area contributed by atoms with E-state index in [0.717, 1.165) is 25.0 Å². The third-order valence-corrected chi connectivity index (χ3v) is 5.06. The third-order valence-electron chi connectivity index (χ3n) is 3.53. The molecule has 0 saturated heterocycles. The summed E-state index contributed by atoms with van der Waals surface area (Å²) in [6, 6.07) is 4.23. The summed E-state index contributed by atoms with van der Waals surface area (Å²) in [5, 5.41) is 14.3. The number of rotatable bonds is 5. The molecule has 0 bridgehead atoms. The van der Waals surface area contributed by atoms with Gasteiger partial charge in [-0.1, -0.05) is 18.5 Å². The molecule has 1 aromatic carbocycles. The molecule has 0 radical (unpaired) electrons. The van der Waals surface area contributed by atoms with Crippen molar-refractivity contribution in [1.29, 1.82) is 0 Å². The van der Waals surface area contributed by atoms with Gasteiger partial charge in [0.25, 0.3) is 11.6 Å². The van der Waals surface area contributed by atoms with Crippen LogP contribution in [0.25, 0.3) is 0 Å². The van der Waals surface area contributed by atoms with Gasteiger partial charge in [0.1, 0.15) is 5.02 Å². The Bertz CT molecular complexity index is 553. The molecule has 2 unspecified atom stereocenters. The van der Waals surface area contributed by atoms with Crippen molar-refractivity contribution in [3.05, 3.63) is 38.9 Å². The molecule has 1 aliphatic carbocycles. The van der Waals surface area contributed by atoms with E-state index in [4.69, 9.17) is 11.6 Å². The van der Waals surface area contributed by atoms with Crippen LogP contribution in [0.15, 0.2) is 18.2 Å². The van der Waals surface area contributed by atoms with E-state index in [0.29, 0.717) is 10.8 Å². The molecule has 2 atom stereocenters. The van der Waals surface area contributed by atoms with Crippen LogP contribution in [0, 0.1) is 10.1 Å². The van der Waals surface area contributed by atoms with E-state index in [1.807, 2.05) is 11.8 Å². The lowest BCUT2D eigenvalue weighted by molar-refractivity contribution is -0.384. The molecule has 0 aromatic heterocycles. The fraction of sp³-hybridized carbons (Fsp3) is 0.500. The fourth-order valence-electron chi connectivity index (χ4n) is 2.52. The summed E-state index contributed by atoms with van der Waals surface area (Å²) in [7, 11) is 0. The molecule has 0 heterocycles. The summed E-state index contributed by atoms with van der Waals surface area (Å²) in [4.78, 5) is 22.3. The van der Waals surface area contributed by atoms with Crippen molar-refractivity contribution in [1.82, 2.24) is 5.32 Å². The van der Waals surface area contributed by atoms with Crippen molar-refractivity contribution >= 4 is 35.0 Å². The van der Waals surface area contributed by atoms with Crippen LogP contribution in [-0.2, 0) is 0 Å². The Balaban J connectivity index is 1.98. The van der Waals surface area contributed by atoms with Crippen molar-refractivity contribution in [3.8, 4) is 0 Å². The molecular formula is C14H17ClN2O3S. The Kier molecular flexibility index (Phi) is 5.47. The molecule has 114 valence electrons. The average molecular weight is 329 g/mol. The van der Waals surface area contributed by atoms with Crippen molar-refractivity contribution < 1.29 is 9.72 Å². The second-order valence-electron chi connectivity index (χ2n) is 4.98. The summed E-state index contributed by atoms with van der Waals surface area (Å²) in [5.41, 5.74) is 0.172. The first-order chi connectivity index (χ1) is 10.0. The van der Waals surface area contributed by atoms with E-state index in [-0.39, 0.29) is 22.7 Å². The predicted octanol–water partition coefficient (Wildman–Crippen LogP) is 3.65. The van der Waals surface area contributed by atoms with Gasteiger partial charge in [-0.3, -0.25) is 14.9 Å². The molecule has 1 fully saturated rings. The van der Waals surface area contributed by atoms with Crippen LogP contribution >= 0.6 is 23.4 Å². The highest BCUT2D eigenvalue weighted by atomic mass is 35.5. The number of nitro groups is 1. The number of benzene rings is 1. The smallest absolute Gasteiger partial charge is 0.287 e. The molecular weight excluding hydrogens is 312 g/mol. The first kappa shape index (κ1) is 16.1. The maximum absolute atomic E-state index is 12.2. The number of hydrogen-bond donors (Lipinski definition) is 1. The van der Waals surface area contributed by atoms with Crippen LogP contribution in [0.2, 0.25) is 5.02 Å². The first-order valence-electron chi connectivity index (χ1n) is 6.87. The van der Waals surface area contributed by atoms with Crippen molar-refractivity contribution in [2.45, 2.75) is 37.5 Å². The standard InChI is InChI=1S/C14H17ClN2O3S/c1-2-21-11-5-4-10(8-11)16-14(18)9-3-6-13(17(19)20)12(15)7-9/h3,6-7,10-11H,2,4-5,8H2,1H3,(H,16,18). The molecule has 0 aliphatic heterocycles. The van der Waals surface area contributed by atoms with Crippen LogP contribution in [-0.4, -0.2) is 27.9 Å². The number of thioether (sulfide) groups is 1. The van der Waals surface area contributed by atoms with Gasteiger partial charge in [0.05, 0.1) is 4.92 Å². The average Bonchev–Trinajstić information content (AvgIpc) is 2.86. The molecule has 1 aliphatic rings. The first-order valence-corrected chi connectivity index (χ1v) is 8.30. The second-order valence-corrected chi connectivity index (χ2v) is 6.97. The minimum atomic E-state index is -0.562. The lowest BCUT2D eigenvalue weighted by Gasteiger charge is -2.13. The number of halogens is 1. The number of carbonyl (C=O) groups is 1. The van der Waals surface area contributed by atoms with Gasteiger partial charge in [0.15, 0.2) is 0 Å². The molecule has 7 heteroatoms. The van der Waals surface area contributed by atoms with Gasteiger partial charge in [-0.15, -0.1) is 0 Å². The topological polar surface area (TPSA) is 72.2 Å². The van der Waals surface area contributed by atoms with Gasteiger partial charge in [0, 0.05) is 22.9 Å². The van der Waals surface area contributed by atoms with Crippen LogP contribution in [0.3, 0.4) is 0 Å². The van der Waals surface area contributed by atoms with Crippen molar-refractivity contribution in [2.24, 2.45) is 0 Å². The number of nitrogens with one attached hydrogen (secondary N) is 1. The van der Waals surface area contributed by atoms with Gasteiger partial charge < -0.3 is 5.32 Å². The molecule has 0 spiro atoms. The highest BCUT2D eigenvalue weighted by Gasteiger charge is 2.26. The van der Waals surface area contributed by atoms with Crippen LogP contribution in [0.5, 0.6) is 0 Å².